The van der Waals surface area contributed by atoms with Crippen LogP contribution in [-0.4, -0.2) is 35.9 Å². The highest BCUT2D eigenvalue weighted by molar-refractivity contribution is 9.10. The highest BCUT2D eigenvalue weighted by Crippen LogP contribution is 2.41. The van der Waals surface area contributed by atoms with Gasteiger partial charge in [-0.25, -0.2) is 4.79 Å². The van der Waals surface area contributed by atoms with Crippen LogP contribution in [0.15, 0.2) is 46.9 Å². The number of aryl methyl sites for hydroxylation is 1. The number of rotatable bonds is 3. The number of amides is 4. The summed E-state index contributed by atoms with van der Waals surface area (Å²) in [5.74, 6) is -0.00589. The van der Waals surface area contributed by atoms with Crippen LogP contribution in [0.3, 0.4) is 0 Å². The first kappa shape index (κ1) is 19.1. The predicted molar refractivity (Wildman–Crippen MR) is 112 cm³/mol. The fourth-order valence-electron chi connectivity index (χ4n) is 4.63. The number of ether oxygens (including phenoxy) is 1. The van der Waals surface area contributed by atoms with Crippen LogP contribution in [0.5, 0.6) is 5.75 Å². The number of carbonyl (C=O) groups excluding carboxylic acids is 3. The molecule has 2 aromatic rings. The third-order valence-corrected chi connectivity index (χ3v) is 6.56. The molecule has 0 bridgehead atoms. The summed E-state index contributed by atoms with van der Waals surface area (Å²) in [6.45, 7) is 0.178. The van der Waals surface area contributed by atoms with Crippen molar-refractivity contribution in [2.24, 2.45) is 0 Å². The van der Waals surface area contributed by atoms with E-state index >= 15 is 0 Å². The molecule has 1 aliphatic carbocycles. The summed E-state index contributed by atoms with van der Waals surface area (Å²) < 4.78 is 6.54. The molecule has 2 N–H and O–H groups in total. The summed E-state index contributed by atoms with van der Waals surface area (Å²) in [6, 6.07) is 12.5. The van der Waals surface area contributed by atoms with Crippen molar-refractivity contribution in [1.29, 1.82) is 0 Å². The average Bonchev–Trinajstić information content (AvgIpc) is 3.22. The summed E-state index contributed by atoms with van der Waals surface area (Å²) in [6.07, 6.45) is 1.85. The summed E-state index contributed by atoms with van der Waals surface area (Å²) in [4.78, 5) is 39.6. The molecule has 0 saturated carbocycles. The molecule has 2 atom stereocenters. The first-order valence-electron chi connectivity index (χ1n) is 9.92. The van der Waals surface area contributed by atoms with Gasteiger partial charge in [0.15, 0.2) is 0 Å². The Morgan fingerprint density at radius 1 is 1.27 bits per heavy atom. The van der Waals surface area contributed by atoms with Gasteiger partial charge in [-0.2, -0.15) is 0 Å². The van der Waals surface area contributed by atoms with E-state index in [1.807, 2.05) is 42.5 Å². The highest BCUT2D eigenvalue weighted by Gasteiger charge is 2.55. The summed E-state index contributed by atoms with van der Waals surface area (Å²) in [5, 5.41) is 5.80. The van der Waals surface area contributed by atoms with Crippen molar-refractivity contribution in [1.82, 2.24) is 15.5 Å². The van der Waals surface area contributed by atoms with Crippen LogP contribution in [0.4, 0.5) is 4.79 Å². The maximum absolute atomic E-state index is 13.2. The van der Waals surface area contributed by atoms with E-state index in [9.17, 15) is 14.4 Å². The van der Waals surface area contributed by atoms with Crippen molar-refractivity contribution in [2.45, 2.75) is 30.8 Å². The first-order chi connectivity index (χ1) is 14.5. The number of hydrogen-bond donors (Lipinski definition) is 2. The predicted octanol–water partition coefficient (Wildman–Crippen LogP) is 2.78. The Bertz CT molecular complexity index is 1070. The highest BCUT2D eigenvalue weighted by atomic mass is 79.9. The zero-order chi connectivity index (χ0) is 20.9. The third kappa shape index (κ3) is 2.98. The lowest BCUT2D eigenvalue weighted by molar-refractivity contribution is -0.135. The summed E-state index contributed by atoms with van der Waals surface area (Å²) in [7, 11) is 0. The number of nitrogens with zero attached hydrogens (tertiary/aromatic N) is 1. The largest absolute Gasteiger partial charge is 0.493 e. The molecule has 2 heterocycles. The molecular weight excluding hydrogens is 450 g/mol. The first-order valence-corrected chi connectivity index (χ1v) is 10.7. The zero-order valence-electron chi connectivity index (χ0n) is 16.1. The molecule has 0 radical (unpaired) electrons. The number of halogens is 1. The Morgan fingerprint density at radius 3 is 2.97 bits per heavy atom. The number of benzene rings is 2. The Balaban J connectivity index is 1.33. The quantitative estimate of drug-likeness (QED) is 0.676. The lowest BCUT2D eigenvalue weighted by atomic mass is 9.92. The van der Waals surface area contributed by atoms with E-state index in [4.69, 9.17) is 4.74 Å². The number of urea groups is 1. The molecule has 1 saturated heterocycles. The van der Waals surface area contributed by atoms with Crippen molar-refractivity contribution in [3.8, 4) is 5.75 Å². The van der Waals surface area contributed by atoms with Gasteiger partial charge in [-0.3, -0.25) is 14.5 Å². The van der Waals surface area contributed by atoms with Gasteiger partial charge in [0.1, 0.15) is 17.8 Å². The van der Waals surface area contributed by atoms with E-state index in [1.165, 1.54) is 0 Å². The monoisotopic (exact) mass is 469 g/mol. The van der Waals surface area contributed by atoms with E-state index < -0.39 is 11.6 Å². The van der Waals surface area contributed by atoms with Gasteiger partial charge in [0.05, 0.1) is 12.6 Å². The van der Waals surface area contributed by atoms with Crippen LogP contribution in [0.2, 0.25) is 0 Å². The third-order valence-electron chi connectivity index (χ3n) is 6.07. The minimum absolute atomic E-state index is 0.235. The second-order valence-electron chi connectivity index (χ2n) is 7.82. The SMILES string of the molecule is O=C(CN1C(=O)NC2(CCc3ccccc32)C1=O)NC1CCOc2ccc(Br)cc21. The van der Waals surface area contributed by atoms with Crippen molar-refractivity contribution < 1.29 is 19.1 Å². The lowest BCUT2D eigenvalue weighted by Crippen LogP contribution is -2.44. The van der Waals surface area contributed by atoms with Gasteiger partial charge in [0.2, 0.25) is 5.91 Å². The zero-order valence-corrected chi connectivity index (χ0v) is 17.7. The molecule has 7 nitrogen and oxygen atoms in total. The van der Waals surface area contributed by atoms with E-state index in [0.717, 1.165) is 38.2 Å². The fourth-order valence-corrected chi connectivity index (χ4v) is 5.01. The molecule has 2 aromatic carbocycles. The van der Waals surface area contributed by atoms with Crippen LogP contribution < -0.4 is 15.4 Å². The van der Waals surface area contributed by atoms with Crippen LogP contribution in [0.1, 0.15) is 35.6 Å². The van der Waals surface area contributed by atoms with E-state index in [-0.39, 0.29) is 24.4 Å². The standard InChI is InChI=1S/C22H20BrN3O4/c23-14-5-6-18-15(11-14)17(8-10-30-18)24-19(27)12-26-20(28)22(25-21(26)29)9-7-13-3-1-2-4-16(13)22/h1-6,11,17H,7-10,12H2,(H,24,27)(H,25,29). The molecule has 5 rings (SSSR count). The van der Waals surface area contributed by atoms with Crippen molar-refractivity contribution in [3.05, 3.63) is 63.6 Å². The normalized spacial score (nSPS) is 24.3. The van der Waals surface area contributed by atoms with Crippen LogP contribution >= 0.6 is 15.9 Å². The van der Waals surface area contributed by atoms with Crippen molar-refractivity contribution in [2.75, 3.05) is 13.2 Å². The molecule has 2 unspecified atom stereocenters. The molecule has 2 aliphatic heterocycles. The van der Waals surface area contributed by atoms with Gasteiger partial charge in [-0.15, -0.1) is 0 Å². The Kier molecular flexibility index (Phi) is 4.54. The molecule has 8 heteroatoms. The average molecular weight is 470 g/mol. The number of nitrogens with one attached hydrogen (secondary N) is 2. The van der Waals surface area contributed by atoms with E-state index in [2.05, 4.69) is 26.6 Å². The topological polar surface area (TPSA) is 87.7 Å². The summed E-state index contributed by atoms with van der Waals surface area (Å²) >= 11 is 3.44. The van der Waals surface area contributed by atoms with Gasteiger partial charge in [0, 0.05) is 16.5 Å². The maximum Gasteiger partial charge on any atom is 0.325 e. The number of imide groups is 1. The van der Waals surface area contributed by atoms with Gasteiger partial charge in [-0.1, -0.05) is 40.2 Å². The van der Waals surface area contributed by atoms with Crippen LogP contribution in [0, 0.1) is 0 Å². The van der Waals surface area contributed by atoms with E-state index in [1.54, 1.807) is 0 Å². The fraction of sp³-hybridized carbons (Fsp3) is 0.318. The Labute approximate surface area is 181 Å². The number of carbonyl (C=O) groups is 3. The molecule has 1 spiro atoms. The Hall–Kier alpha value is -2.87. The maximum atomic E-state index is 13.2. The molecule has 3 aliphatic rings. The van der Waals surface area contributed by atoms with Gasteiger partial charge in [-0.05, 0) is 42.2 Å². The van der Waals surface area contributed by atoms with Crippen molar-refractivity contribution >= 4 is 33.8 Å². The second kappa shape index (κ2) is 7.12. The van der Waals surface area contributed by atoms with Gasteiger partial charge < -0.3 is 15.4 Å². The van der Waals surface area contributed by atoms with Crippen LogP contribution in [-0.2, 0) is 21.5 Å². The minimum Gasteiger partial charge on any atom is -0.493 e. The lowest BCUT2D eigenvalue weighted by Gasteiger charge is -2.27. The minimum atomic E-state index is -1.05. The molecule has 4 amide bonds. The molecule has 30 heavy (non-hydrogen) atoms. The molecule has 1 fully saturated rings. The second-order valence-corrected chi connectivity index (χ2v) is 8.74. The number of fused-ring (bicyclic) bond motifs is 3. The Morgan fingerprint density at radius 2 is 2.10 bits per heavy atom. The van der Waals surface area contributed by atoms with Crippen molar-refractivity contribution in [3.63, 3.8) is 0 Å². The van der Waals surface area contributed by atoms with Gasteiger partial charge >= 0.3 is 6.03 Å². The molecule has 154 valence electrons. The van der Waals surface area contributed by atoms with E-state index in [0.29, 0.717) is 19.4 Å². The summed E-state index contributed by atoms with van der Waals surface area (Å²) in [5.41, 5.74) is 1.71. The smallest absolute Gasteiger partial charge is 0.325 e. The van der Waals surface area contributed by atoms with Crippen LogP contribution in [0.25, 0.3) is 0 Å². The van der Waals surface area contributed by atoms with Gasteiger partial charge in [0.25, 0.3) is 5.91 Å². The molecule has 0 aromatic heterocycles. The molecular formula is C22H20BrN3O4. The number of hydrogen-bond acceptors (Lipinski definition) is 4.